The summed E-state index contributed by atoms with van der Waals surface area (Å²) in [4.78, 5) is 31.1. The molecular weight excluding hydrogens is 486 g/mol. The first-order chi connectivity index (χ1) is 17.8. The Morgan fingerprint density at radius 3 is 2.61 bits per heavy atom. The summed E-state index contributed by atoms with van der Waals surface area (Å²) < 4.78 is 17.3. The number of aliphatic hydroxyl groups is 2. The first kappa shape index (κ1) is 30.3. The Hall–Kier alpha value is -2.29. The van der Waals surface area contributed by atoms with Gasteiger partial charge >= 0.3 is 5.97 Å². The number of rotatable bonds is 5. The zero-order chi connectivity index (χ0) is 28.3. The molecule has 38 heavy (non-hydrogen) atoms. The second-order valence-corrected chi connectivity index (χ2v) is 12.0. The van der Waals surface area contributed by atoms with Crippen LogP contribution in [0, 0.1) is 24.2 Å². The number of ketones is 1. The summed E-state index contributed by atoms with van der Waals surface area (Å²) in [5.41, 5.74) is -0.167. The number of epoxide rings is 1. The van der Waals surface area contributed by atoms with E-state index < -0.39 is 35.6 Å². The van der Waals surface area contributed by atoms with E-state index in [0.717, 1.165) is 24.8 Å². The molecule has 2 fully saturated rings. The Bertz CT molecular complexity index is 1030. The molecule has 0 aliphatic carbocycles. The van der Waals surface area contributed by atoms with E-state index in [0.29, 0.717) is 30.8 Å². The monoisotopic (exact) mass is 531 g/mol. The van der Waals surface area contributed by atoms with Crippen LogP contribution >= 0.6 is 0 Å². The zero-order valence-electron chi connectivity index (χ0n) is 23.7. The molecule has 2 saturated heterocycles. The van der Waals surface area contributed by atoms with Crippen molar-refractivity contribution in [1.82, 2.24) is 4.98 Å². The van der Waals surface area contributed by atoms with Crippen molar-refractivity contribution in [3.63, 3.8) is 0 Å². The number of hydrogen-bond donors (Lipinski definition) is 2. The summed E-state index contributed by atoms with van der Waals surface area (Å²) in [5.74, 6) is -1.08. The van der Waals surface area contributed by atoms with Crippen LogP contribution in [-0.4, -0.2) is 57.0 Å². The summed E-state index contributed by atoms with van der Waals surface area (Å²) in [6.07, 6.45) is 5.83. The van der Waals surface area contributed by atoms with Gasteiger partial charge in [-0.25, -0.2) is 4.98 Å². The molecule has 8 heteroatoms. The van der Waals surface area contributed by atoms with Gasteiger partial charge in [-0.15, -0.1) is 6.58 Å². The molecule has 8 nitrogen and oxygen atoms in total. The summed E-state index contributed by atoms with van der Waals surface area (Å²) in [5, 5.41) is 22.3. The van der Waals surface area contributed by atoms with Crippen LogP contribution in [0.1, 0.15) is 91.1 Å². The second kappa shape index (κ2) is 12.3. The number of nitrogens with zero attached hydrogens (tertiary/aromatic N) is 1. The highest BCUT2D eigenvalue weighted by atomic mass is 16.6. The molecule has 0 bridgehead atoms. The van der Waals surface area contributed by atoms with Gasteiger partial charge < -0.3 is 24.1 Å². The van der Waals surface area contributed by atoms with Crippen molar-refractivity contribution in [1.29, 1.82) is 0 Å². The summed E-state index contributed by atoms with van der Waals surface area (Å²) in [6.45, 7) is 14.7. The van der Waals surface area contributed by atoms with Crippen molar-refractivity contribution in [2.75, 3.05) is 0 Å². The molecule has 7 unspecified atom stereocenters. The fraction of sp³-hybridized carbons (Fsp3) is 0.700. The highest BCUT2D eigenvalue weighted by Crippen LogP contribution is 2.45. The molecule has 3 rings (SSSR count). The fourth-order valence-electron chi connectivity index (χ4n) is 5.46. The number of cyclic esters (lactones) is 1. The van der Waals surface area contributed by atoms with Gasteiger partial charge in [0.2, 0.25) is 0 Å². The lowest BCUT2D eigenvalue weighted by Crippen LogP contribution is -2.46. The van der Waals surface area contributed by atoms with Gasteiger partial charge in [0.25, 0.3) is 0 Å². The molecule has 2 aliphatic rings. The van der Waals surface area contributed by atoms with Crippen molar-refractivity contribution in [2.24, 2.45) is 17.3 Å². The van der Waals surface area contributed by atoms with E-state index >= 15 is 0 Å². The third-order valence-corrected chi connectivity index (χ3v) is 8.43. The van der Waals surface area contributed by atoms with Gasteiger partial charge in [-0.05, 0) is 57.1 Å². The van der Waals surface area contributed by atoms with Gasteiger partial charge in [0.05, 0.1) is 35.7 Å². The predicted octanol–water partition coefficient (Wildman–Crippen LogP) is 4.96. The van der Waals surface area contributed by atoms with Gasteiger partial charge in [-0.2, -0.15) is 0 Å². The smallest absolute Gasteiger partial charge is 0.309 e. The van der Waals surface area contributed by atoms with E-state index in [2.05, 4.69) is 18.5 Å². The fourth-order valence-corrected chi connectivity index (χ4v) is 5.46. The van der Waals surface area contributed by atoms with Crippen molar-refractivity contribution < 1.29 is 33.7 Å². The lowest BCUT2D eigenvalue weighted by molar-refractivity contribution is -0.154. The van der Waals surface area contributed by atoms with Gasteiger partial charge in [-0.1, -0.05) is 33.3 Å². The summed E-state index contributed by atoms with van der Waals surface area (Å²) in [6, 6.07) is 0. The third-order valence-electron chi connectivity index (χ3n) is 8.43. The number of carbonyl (C=O) groups excluding carboxylic acids is 2. The van der Waals surface area contributed by atoms with Crippen LogP contribution in [-0.2, 0) is 19.1 Å². The normalized spacial score (nSPS) is 35.3. The maximum Gasteiger partial charge on any atom is 0.309 e. The van der Waals surface area contributed by atoms with Crippen LogP contribution in [0.25, 0.3) is 6.08 Å². The number of aliphatic hydroxyl groups excluding tert-OH is 2. The summed E-state index contributed by atoms with van der Waals surface area (Å²) in [7, 11) is 0. The highest BCUT2D eigenvalue weighted by molar-refractivity contribution is 5.88. The topological polar surface area (TPSA) is 122 Å². The minimum absolute atomic E-state index is 0.0842. The van der Waals surface area contributed by atoms with Crippen molar-refractivity contribution in [3.8, 4) is 0 Å². The van der Waals surface area contributed by atoms with Gasteiger partial charge in [0, 0.05) is 19.3 Å². The number of aromatic nitrogens is 1. The number of esters is 1. The second-order valence-electron chi connectivity index (χ2n) is 12.0. The Morgan fingerprint density at radius 2 is 1.97 bits per heavy atom. The maximum atomic E-state index is 13.7. The van der Waals surface area contributed by atoms with E-state index in [4.69, 9.17) is 13.9 Å². The molecule has 2 N–H and O–H groups in total. The van der Waals surface area contributed by atoms with Crippen molar-refractivity contribution >= 4 is 17.8 Å². The summed E-state index contributed by atoms with van der Waals surface area (Å²) >= 11 is 0. The number of aryl methyl sites for hydroxylation is 1. The minimum atomic E-state index is -1.27. The maximum absolute atomic E-state index is 13.7. The molecule has 0 saturated carbocycles. The molecule has 0 aromatic carbocycles. The molecule has 0 radical (unpaired) electrons. The van der Waals surface area contributed by atoms with Crippen LogP contribution < -0.4 is 0 Å². The zero-order valence-corrected chi connectivity index (χ0v) is 23.7. The lowest BCUT2D eigenvalue weighted by atomic mass is 9.71. The molecular formula is C30H45NO7. The molecule has 0 spiro atoms. The molecule has 7 atom stereocenters. The number of Topliss-reactive ketones (excluding diaryl/α,β-unsaturated/α-hetero) is 1. The standard InChI is InChI=1S/C30H45NO7/c1-8-9-12-22-27(34)18(2)11-10-13-30(7)25(38-30)15-23(19(3)14-21-17-36-20(4)31-21)37-26(33)16-24(32)29(5,6)28(22)35/h8,14,17-18,22-25,27,32,34H,1,9-13,15-16H2,2-7H3. The minimum Gasteiger partial charge on any atom is -0.458 e. The molecule has 0 amide bonds. The van der Waals surface area contributed by atoms with E-state index in [1.54, 1.807) is 33.1 Å². The number of ether oxygens (including phenoxy) is 2. The Labute approximate surface area is 226 Å². The van der Waals surface area contributed by atoms with E-state index in [9.17, 15) is 19.8 Å². The Balaban J connectivity index is 1.88. The number of allylic oxidation sites excluding steroid dienone is 1. The number of carbonyl (C=O) groups is 2. The molecule has 212 valence electrons. The van der Waals surface area contributed by atoms with Crippen molar-refractivity contribution in [2.45, 2.75) is 117 Å². The Kier molecular flexibility index (Phi) is 9.76. The van der Waals surface area contributed by atoms with E-state index in [1.807, 2.05) is 19.9 Å². The SMILES string of the molecule is C=CCCC1C(=O)C(C)(C)C(O)CC(=O)OC(C(C)=Cc2coc(C)n2)CC2OC2(C)CCCC(C)C1O. The largest absolute Gasteiger partial charge is 0.458 e. The van der Waals surface area contributed by atoms with Gasteiger partial charge in [0.1, 0.15) is 23.8 Å². The first-order valence-electron chi connectivity index (χ1n) is 13.8. The number of hydrogen-bond acceptors (Lipinski definition) is 8. The average molecular weight is 532 g/mol. The van der Waals surface area contributed by atoms with E-state index in [-0.39, 0.29) is 29.8 Å². The molecule has 1 aromatic rings. The van der Waals surface area contributed by atoms with Crippen LogP contribution in [0.15, 0.2) is 28.9 Å². The highest BCUT2D eigenvalue weighted by Gasteiger charge is 2.53. The number of fused-ring (bicyclic) bond motifs is 1. The van der Waals surface area contributed by atoms with Crippen LogP contribution in [0.5, 0.6) is 0 Å². The molecule has 2 aliphatic heterocycles. The van der Waals surface area contributed by atoms with Gasteiger partial charge in [0.15, 0.2) is 5.89 Å². The molecule has 1 aromatic heterocycles. The van der Waals surface area contributed by atoms with Crippen LogP contribution in [0.4, 0.5) is 0 Å². The first-order valence-corrected chi connectivity index (χ1v) is 13.8. The van der Waals surface area contributed by atoms with E-state index in [1.165, 1.54) is 0 Å². The average Bonchev–Trinajstić information content (AvgIpc) is 3.29. The quantitative estimate of drug-likeness (QED) is 0.311. The third kappa shape index (κ3) is 7.21. The van der Waals surface area contributed by atoms with Crippen molar-refractivity contribution in [3.05, 3.63) is 36.1 Å². The lowest BCUT2D eigenvalue weighted by Gasteiger charge is -2.36. The van der Waals surface area contributed by atoms with Gasteiger partial charge in [-0.3, -0.25) is 9.59 Å². The Morgan fingerprint density at radius 1 is 1.26 bits per heavy atom. The predicted molar refractivity (Wildman–Crippen MR) is 144 cm³/mol. The van der Waals surface area contributed by atoms with Crippen LogP contribution in [0.2, 0.25) is 0 Å². The number of oxazole rings is 1. The van der Waals surface area contributed by atoms with Crippen LogP contribution in [0.3, 0.4) is 0 Å². The molecule has 3 heterocycles.